The first-order valence-corrected chi connectivity index (χ1v) is 7.42. The molecule has 0 aliphatic heterocycles. The summed E-state index contributed by atoms with van der Waals surface area (Å²) in [5, 5.41) is 0. The summed E-state index contributed by atoms with van der Waals surface area (Å²) < 4.78 is 28.8. The van der Waals surface area contributed by atoms with Gasteiger partial charge >= 0.3 is 0 Å². The summed E-state index contributed by atoms with van der Waals surface area (Å²) in [6, 6.07) is 11.0. The Kier molecular flexibility index (Phi) is 6.51. The van der Waals surface area contributed by atoms with E-state index in [1.165, 1.54) is 25.3 Å². The third kappa shape index (κ3) is 4.93. The van der Waals surface area contributed by atoms with Gasteiger partial charge in [0, 0.05) is 12.7 Å². The number of hydrogen-bond donors (Lipinski definition) is 0. The molecule has 0 aromatic heterocycles. The molecular formula is C19H19FO4. The van der Waals surface area contributed by atoms with Gasteiger partial charge in [-0.2, -0.15) is 0 Å². The number of methoxy groups -OCH3 is 2. The van der Waals surface area contributed by atoms with Crippen molar-refractivity contribution >= 4 is 11.9 Å². The summed E-state index contributed by atoms with van der Waals surface area (Å²) in [5.74, 6) is 0.459. The predicted octanol–water partition coefficient (Wildman–Crippen LogP) is 3.76. The van der Waals surface area contributed by atoms with Crippen LogP contribution < -0.4 is 9.47 Å². The molecule has 24 heavy (non-hydrogen) atoms. The topological polar surface area (TPSA) is 44.8 Å². The molecule has 0 amide bonds. The van der Waals surface area contributed by atoms with Gasteiger partial charge in [0.1, 0.15) is 12.4 Å². The lowest BCUT2D eigenvalue weighted by Crippen LogP contribution is -2.06. The summed E-state index contributed by atoms with van der Waals surface area (Å²) in [6.07, 6.45) is 2.97. The van der Waals surface area contributed by atoms with Gasteiger partial charge in [-0.3, -0.25) is 4.79 Å². The maximum atomic E-state index is 13.1. The highest BCUT2D eigenvalue weighted by Gasteiger charge is 2.09. The van der Waals surface area contributed by atoms with Crippen LogP contribution in [0.25, 0.3) is 6.08 Å². The number of carbonyl (C=O) groups excluding carboxylic acids is 1. The number of benzene rings is 2. The van der Waals surface area contributed by atoms with E-state index in [0.717, 1.165) is 0 Å². The van der Waals surface area contributed by atoms with Crippen molar-refractivity contribution < 1.29 is 23.4 Å². The van der Waals surface area contributed by atoms with E-state index in [4.69, 9.17) is 14.2 Å². The van der Waals surface area contributed by atoms with E-state index in [0.29, 0.717) is 35.8 Å². The summed E-state index contributed by atoms with van der Waals surface area (Å²) in [4.78, 5) is 12.2. The lowest BCUT2D eigenvalue weighted by Gasteiger charge is -2.11. The fraction of sp³-hybridized carbons (Fsp3) is 0.211. The normalized spacial score (nSPS) is 10.8. The molecule has 0 bridgehead atoms. The fourth-order valence-electron chi connectivity index (χ4n) is 2.05. The van der Waals surface area contributed by atoms with Crippen LogP contribution in [0.2, 0.25) is 0 Å². The smallest absolute Gasteiger partial charge is 0.185 e. The second kappa shape index (κ2) is 8.84. The third-order valence-electron chi connectivity index (χ3n) is 3.27. The second-order valence-corrected chi connectivity index (χ2v) is 4.96. The van der Waals surface area contributed by atoms with Crippen LogP contribution >= 0.6 is 0 Å². The Balaban J connectivity index is 2.11. The van der Waals surface area contributed by atoms with Gasteiger partial charge in [0.05, 0.1) is 13.7 Å². The predicted molar refractivity (Wildman–Crippen MR) is 90.1 cm³/mol. The molecule has 0 N–H and O–H groups in total. The van der Waals surface area contributed by atoms with Crippen LogP contribution in [0, 0.1) is 5.82 Å². The Morgan fingerprint density at radius 3 is 2.62 bits per heavy atom. The van der Waals surface area contributed by atoms with Crippen molar-refractivity contribution in [3.05, 3.63) is 65.5 Å². The Bertz CT molecular complexity index is 725. The molecular weight excluding hydrogens is 311 g/mol. The minimum Gasteiger partial charge on any atom is -0.493 e. The zero-order valence-corrected chi connectivity index (χ0v) is 13.6. The van der Waals surface area contributed by atoms with Crippen LogP contribution in [0.3, 0.4) is 0 Å². The number of allylic oxidation sites excluding steroid dienone is 1. The SMILES string of the molecule is COCCOc1ccc(C(=O)C=Cc2cccc(F)c2)cc1OC. The molecule has 0 unspecified atom stereocenters. The highest BCUT2D eigenvalue weighted by molar-refractivity contribution is 6.07. The Morgan fingerprint density at radius 2 is 1.92 bits per heavy atom. The van der Waals surface area contributed by atoms with E-state index in [2.05, 4.69) is 0 Å². The van der Waals surface area contributed by atoms with Gasteiger partial charge in [-0.05, 0) is 42.0 Å². The van der Waals surface area contributed by atoms with Gasteiger partial charge < -0.3 is 14.2 Å². The minimum atomic E-state index is -0.344. The van der Waals surface area contributed by atoms with Crippen molar-refractivity contribution in [3.8, 4) is 11.5 Å². The van der Waals surface area contributed by atoms with Crippen LogP contribution in [-0.2, 0) is 4.74 Å². The maximum absolute atomic E-state index is 13.1. The number of halogens is 1. The van der Waals surface area contributed by atoms with Gasteiger partial charge in [0.15, 0.2) is 17.3 Å². The lowest BCUT2D eigenvalue weighted by molar-refractivity contribution is 0.104. The number of rotatable bonds is 8. The molecule has 2 aromatic carbocycles. The first-order chi connectivity index (χ1) is 11.6. The highest BCUT2D eigenvalue weighted by atomic mass is 19.1. The van der Waals surface area contributed by atoms with E-state index >= 15 is 0 Å². The minimum absolute atomic E-state index is 0.207. The van der Waals surface area contributed by atoms with Crippen molar-refractivity contribution in [1.29, 1.82) is 0 Å². The summed E-state index contributed by atoms with van der Waals surface area (Å²) in [6.45, 7) is 0.847. The Hall–Kier alpha value is -2.66. The lowest BCUT2D eigenvalue weighted by atomic mass is 10.1. The molecule has 5 heteroatoms. The van der Waals surface area contributed by atoms with E-state index in [9.17, 15) is 9.18 Å². The molecule has 0 spiro atoms. The van der Waals surface area contributed by atoms with Crippen LogP contribution in [0.1, 0.15) is 15.9 Å². The van der Waals surface area contributed by atoms with E-state index in [-0.39, 0.29) is 11.6 Å². The molecule has 4 nitrogen and oxygen atoms in total. The standard InChI is InChI=1S/C19H19FO4/c1-22-10-11-24-18-9-7-15(13-19(18)23-2)17(21)8-6-14-4-3-5-16(20)12-14/h3-9,12-13H,10-11H2,1-2H3. The summed E-state index contributed by atoms with van der Waals surface area (Å²) in [5.41, 5.74) is 1.08. The van der Waals surface area contributed by atoms with Gasteiger partial charge in [0.25, 0.3) is 0 Å². The largest absolute Gasteiger partial charge is 0.493 e. The van der Waals surface area contributed by atoms with Gasteiger partial charge in [-0.15, -0.1) is 0 Å². The average Bonchev–Trinajstić information content (AvgIpc) is 2.60. The third-order valence-corrected chi connectivity index (χ3v) is 3.27. The van der Waals surface area contributed by atoms with Crippen molar-refractivity contribution in [2.24, 2.45) is 0 Å². The van der Waals surface area contributed by atoms with Crippen LogP contribution in [0.5, 0.6) is 11.5 Å². The zero-order valence-electron chi connectivity index (χ0n) is 13.6. The van der Waals surface area contributed by atoms with Crippen LogP contribution in [0.4, 0.5) is 4.39 Å². The molecule has 0 fully saturated rings. The maximum Gasteiger partial charge on any atom is 0.185 e. The second-order valence-electron chi connectivity index (χ2n) is 4.96. The van der Waals surface area contributed by atoms with Gasteiger partial charge in [-0.25, -0.2) is 4.39 Å². The van der Waals surface area contributed by atoms with E-state index < -0.39 is 0 Å². The molecule has 0 radical (unpaired) electrons. The average molecular weight is 330 g/mol. The summed E-state index contributed by atoms with van der Waals surface area (Å²) >= 11 is 0. The van der Waals surface area contributed by atoms with Crippen molar-refractivity contribution in [2.75, 3.05) is 27.4 Å². The Labute approximate surface area is 140 Å². The van der Waals surface area contributed by atoms with Crippen molar-refractivity contribution in [3.63, 3.8) is 0 Å². The zero-order chi connectivity index (χ0) is 17.4. The molecule has 0 saturated heterocycles. The Morgan fingerprint density at radius 1 is 1.08 bits per heavy atom. The van der Waals surface area contributed by atoms with Gasteiger partial charge in [-0.1, -0.05) is 18.2 Å². The monoisotopic (exact) mass is 330 g/mol. The number of ketones is 1. The van der Waals surface area contributed by atoms with Crippen molar-refractivity contribution in [1.82, 2.24) is 0 Å². The molecule has 0 aliphatic carbocycles. The van der Waals surface area contributed by atoms with E-state index in [1.54, 1.807) is 43.5 Å². The molecule has 0 heterocycles. The molecule has 2 aromatic rings. The quantitative estimate of drug-likeness (QED) is 0.420. The van der Waals surface area contributed by atoms with Crippen LogP contribution in [-0.4, -0.2) is 33.2 Å². The first kappa shape index (κ1) is 17.7. The number of ether oxygens (including phenoxy) is 3. The van der Waals surface area contributed by atoms with Crippen molar-refractivity contribution in [2.45, 2.75) is 0 Å². The summed E-state index contributed by atoms with van der Waals surface area (Å²) in [7, 11) is 3.10. The van der Waals surface area contributed by atoms with E-state index in [1.807, 2.05) is 0 Å². The molecule has 0 aliphatic rings. The first-order valence-electron chi connectivity index (χ1n) is 7.42. The molecule has 0 saturated carbocycles. The molecule has 2 rings (SSSR count). The molecule has 126 valence electrons. The highest BCUT2D eigenvalue weighted by Crippen LogP contribution is 2.28. The fourth-order valence-corrected chi connectivity index (χ4v) is 2.05. The number of hydrogen-bond acceptors (Lipinski definition) is 4. The van der Waals surface area contributed by atoms with Gasteiger partial charge in [0.2, 0.25) is 0 Å². The van der Waals surface area contributed by atoms with Crippen LogP contribution in [0.15, 0.2) is 48.5 Å². The molecule has 0 atom stereocenters. The number of carbonyl (C=O) groups is 1.